The largest absolute Gasteiger partial charge is 0.497 e. The fraction of sp³-hybridized carbons (Fsp3) is 0.192. The zero-order valence-corrected chi connectivity index (χ0v) is 18.7. The van der Waals surface area contributed by atoms with Crippen molar-refractivity contribution in [3.8, 4) is 11.5 Å². The molecule has 0 aromatic heterocycles. The van der Waals surface area contributed by atoms with Crippen molar-refractivity contribution < 1.29 is 23.7 Å². The molecule has 1 aliphatic rings. The van der Waals surface area contributed by atoms with E-state index in [4.69, 9.17) is 9.47 Å². The number of carbonyl (C=O) groups excluding carboxylic acids is 2. The number of rotatable bonds is 6. The third-order valence-electron chi connectivity index (χ3n) is 5.58. The molecular formula is C26H26N3O4+. The van der Waals surface area contributed by atoms with E-state index >= 15 is 0 Å². The number of nitrogens with zero attached hydrogens (tertiary/aromatic N) is 1. The highest BCUT2D eigenvalue weighted by Crippen LogP contribution is 2.27. The number of methoxy groups -OCH3 is 2. The van der Waals surface area contributed by atoms with Gasteiger partial charge in [-0.25, -0.2) is 0 Å². The Kier molecular flexibility index (Phi) is 6.40. The first-order valence-electron chi connectivity index (χ1n) is 10.6. The monoisotopic (exact) mass is 444 g/mol. The Balaban J connectivity index is 1.70. The molecule has 1 fully saturated rings. The van der Waals surface area contributed by atoms with E-state index < -0.39 is 12.1 Å². The summed E-state index contributed by atoms with van der Waals surface area (Å²) in [5.74, 6) is 0.811. The number of aryl methyl sites for hydroxylation is 1. The van der Waals surface area contributed by atoms with Gasteiger partial charge in [-0.15, -0.1) is 10.1 Å². The van der Waals surface area contributed by atoms with Gasteiger partial charge in [0, 0.05) is 16.7 Å². The van der Waals surface area contributed by atoms with Gasteiger partial charge >= 0.3 is 5.91 Å². The number of nitrogens with one attached hydrogen (secondary N) is 2. The Morgan fingerprint density at radius 2 is 1.67 bits per heavy atom. The van der Waals surface area contributed by atoms with E-state index in [2.05, 4.69) is 10.7 Å². The van der Waals surface area contributed by atoms with Crippen LogP contribution in [0.3, 0.4) is 0 Å². The molecule has 0 saturated carbocycles. The van der Waals surface area contributed by atoms with E-state index in [1.54, 1.807) is 31.0 Å². The first-order valence-corrected chi connectivity index (χ1v) is 10.6. The normalized spacial score (nSPS) is 18.6. The minimum atomic E-state index is -0.797. The third-order valence-corrected chi connectivity index (χ3v) is 5.58. The Bertz CT molecular complexity index is 1190. The van der Waals surface area contributed by atoms with Crippen molar-refractivity contribution in [2.24, 2.45) is 0 Å². The van der Waals surface area contributed by atoms with Crippen molar-refractivity contribution in [3.05, 3.63) is 95.1 Å². The van der Waals surface area contributed by atoms with Gasteiger partial charge in [0.05, 0.1) is 14.2 Å². The molecule has 1 aliphatic heterocycles. The van der Waals surface area contributed by atoms with Gasteiger partial charge < -0.3 is 14.8 Å². The Morgan fingerprint density at radius 3 is 2.33 bits per heavy atom. The smallest absolute Gasteiger partial charge is 0.304 e. The van der Waals surface area contributed by atoms with Crippen LogP contribution in [0.5, 0.6) is 11.5 Å². The number of hydrogen-bond donors (Lipinski definition) is 2. The molecule has 2 N–H and O–H groups in total. The van der Waals surface area contributed by atoms with Crippen molar-refractivity contribution in [1.82, 2.24) is 10.7 Å². The maximum Gasteiger partial charge on any atom is 0.304 e. The molecule has 4 rings (SSSR count). The van der Waals surface area contributed by atoms with Crippen molar-refractivity contribution >= 4 is 18.0 Å². The van der Waals surface area contributed by atoms with Crippen LogP contribution in [0.4, 0.5) is 0 Å². The number of amides is 2. The molecule has 33 heavy (non-hydrogen) atoms. The van der Waals surface area contributed by atoms with Crippen LogP contribution in [0, 0.1) is 6.92 Å². The van der Waals surface area contributed by atoms with Crippen LogP contribution in [0.1, 0.15) is 33.1 Å². The second-order valence-electron chi connectivity index (χ2n) is 7.82. The van der Waals surface area contributed by atoms with Crippen molar-refractivity contribution in [2.75, 3.05) is 14.2 Å². The van der Waals surface area contributed by atoms with Gasteiger partial charge in [0.1, 0.15) is 11.5 Å². The SMILES string of the molecule is COc1ccc([C@@H]2[C@H](NC(=O)c3ccc(C)cc3)C(=O)N/[N+]2=C\c2cccc(OC)c2)cc1. The summed E-state index contributed by atoms with van der Waals surface area (Å²) in [6, 6.07) is 20.9. The topological polar surface area (TPSA) is 79.7 Å². The van der Waals surface area contributed by atoms with E-state index in [0.717, 1.165) is 16.7 Å². The van der Waals surface area contributed by atoms with Crippen LogP contribution in [0.25, 0.3) is 0 Å². The molecule has 0 aliphatic carbocycles. The average Bonchev–Trinajstić information content (AvgIpc) is 3.13. The number of carbonyl (C=O) groups is 2. The molecule has 3 aromatic rings. The van der Waals surface area contributed by atoms with Gasteiger partial charge in [-0.05, 0) is 61.5 Å². The van der Waals surface area contributed by atoms with E-state index in [-0.39, 0.29) is 11.8 Å². The molecule has 2 atom stereocenters. The average molecular weight is 445 g/mol. The number of hydrazone groups is 1. The fourth-order valence-corrected chi connectivity index (χ4v) is 3.79. The fourth-order valence-electron chi connectivity index (χ4n) is 3.79. The molecule has 0 unspecified atom stereocenters. The van der Waals surface area contributed by atoms with Gasteiger partial charge in [0.15, 0.2) is 6.04 Å². The zero-order chi connectivity index (χ0) is 23.4. The summed E-state index contributed by atoms with van der Waals surface area (Å²) in [7, 11) is 3.21. The van der Waals surface area contributed by atoms with Crippen LogP contribution < -0.4 is 20.2 Å². The van der Waals surface area contributed by atoms with Gasteiger partial charge in [0.2, 0.25) is 12.3 Å². The minimum Gasteiger partial charge on any atom is -0.497 e. The van der Waals surface area contributed by atoms with E-state index in [9.17, 15) is 9.59 Å². The quantitative estimate of drug-likeness (QED) is 0.573. The first kappa shape index (κ1) is 22.1. The van der Waals surface area contributed by atoms with Crippen LogP contribution >= 0.6 is 0 Å². The molecule has 0 bridgehead atoms. The summed E-state index contributed by atoms with van der Waals surface area (Å²) in [5, 5.41) is 2.91. The van der Waals surface area contributed by atoms with Crippen molar-refractivity contribution in [2.45, 2.75) is 19.0 Å². The number of ether oxygens (including phenoxy) is 2. The lowest BCUT2D eigenvalue weighted by molar-refractivity contribution is -0.596. The predicted octanol–water partition coefficient (Wildman–Crippen LogP) is 3.03. The Labute approximate surface area is 192 Å². The Morgan fingerprint density at radius 1 is 0.970 bits per heavy atom. The lowest BCUT2D eigenvalue weighted by Crippen LogP contribution is -2.42. The summed E-state index contributed by atoms with van der Waals surface area (Å²) < 4.78 is 12.3. The standard InChI is InChI=1S/C26H25N3O4/c1-17-7-9-20(10-8-17)25(30)27-23-24(19-11-13-21(32-2)14-12-19)29(28-26(23)31)16-18-5-4-6-22(15-18)33-3/h4-16,23-24H,1-3H3,(H-,27,28,30,31)/p+1/b29-16-/t23-,24+/m0/s1. The molecule has 0 radical (unpaired) electrons. The summed E-state index contributed by atoms with van der Waals surface area (Å²) >= 11 is 0. The second-order valence-corrected chi connectivity index (χ2v) is 7.82. The lowest BCUT2D eigenvalue weighted by atomic mass is 9.99. The van der Waals surface area contributed by atoms with E-state index in [1.165, 1.54) is 0 Å². The molecule has 0 spiro atoms. The maximum atomic E-state index is 13.0. The van der Waals surface area contributed by atoms with Gasteiger partial charge in [-0.1, -0.05) is 23.8 Å². The van der Waals surface area contributed by atoms with Gasteiger partial charge in [0.25, 0.3) is 5.91 Å². The molecule has 168 valence electrons. The number of benzene rings is 3. The summed E-state index contributed by atoms with van der Waals surface area (Å²) in [4.78, 5) is 25.9. The van der Waals surface area contributed by atoms with Gasteiger partial charge in [-0.3, -0.25) is 9.59 Å². The summed E-state index contributed by atoms with van der Waals surface area (Å²) in [5.41, 5.74) is 6.13. The predicted molar refractivity (Wildman–Crippen MR) is 125 cm³/mol. The van der Waals surface area contributed by atoms with Crippen LogP contribution in [-0.4, -0.2) is 43.0 Å². The van der Waals surface area contributed by atoms with Gasteiger partial charge in [-0.2, -0.15) is 0 Å². The third kappa shape index (κ3) is 4.87. The molecule has 3 aromatic carbocycles. The molecular weight excluding hydrogens is 418 g/mol. The maximum absolute atomic E-state index is 13.0. The highest BCUT2D eigenvalue weighted by Gasteiger charge is 2.47. The highest BCUT2D eigenvalue weighted by atomic mass is 16.5. The van der Waals surface area contributed by atoms with Crippen molar-refractivity contribution in [3.63, 3.8) is 0 Å². The van der Waals surface area contributed by atoms with Crippen molar-refractivity contribution in [1.29, 1.82) is 0 Å². The Hall–Kier alpha value is -4.13. The number of hydrazine groups is 1. The molecule has 7 heteroatoms. The molecule has 2 amide bonds. The molecule has 7 nitrogen and oxygen atoms in total. The highest BCUT2D eigenvalue weighted by molar-refractivity contribution is 5.98. The minimum absolute atomic E-state index is 0.296. The molecule has 1 heterocycles. The van der Waals surface area contributed by atoms with Crippen LogP contribution in [-0.2, 0) is 4.79 Å². The number of hydrogen-bond acceptors (Lipinski definition) is 4. The summed E-state index contributed by atoms with van der Waals surface area (Å²) in [6.45, 7) is 1.96. The van der Waals surface area contributed by atoms with E-state index in [0.29, 0.717) is 17.1 Å². The van der Waals surface area contributed by atoms with Crippen LogP contribution in [0.15, 0.2) is 72.8 Å². The summed E-state index contributed by atoms with van der Waals surface area (Å²) in [6.07, 6.45) is 1.83. The molecule has 1 saturated heterocycles. The lowest BCUT2D eigenvalue weighted by Gasteiger charge is -2.15. The zero-order valence-electron chi connectivity index (χ0n) is 18.7. The van der Waals surface area contributed by atoms with Crippen LogP contribution in [0.2, 0.25) is 0 Å². The first-order chi connectivity index (χ1) is 16.0. The van der Waals surface area contributed by atoms with E-state index in [1.807, 2.05) is 73.8 Å². The second kappa shape index (κ2) is 9.56.